The summed E-state index contributed by atoms with van der Waals surface area (Å²) in [7, 11) is 0. The lowest BCUT2D eigenvalue weighted by molar-refractivity contribution is -0.948. The van der Waals surface area contributed by atoms with Gasteiger partial charge in [0, 0.05) is 18.4 Å². The maximum Gasteiger partial charge on any atom is 0.291 e. The Morgan fingerprint density at radius 3 is 2.60 bits per heavy atom. The van der Waals surface area contributed by atoms with E-state index in [4.69, 9.17) is 0 Å². The molecule has 30 heavy (non-hydrogen) atoms. The summed E-state index contributed by atoms with van der Waals surface area (Å²) >= 11 is 0. The number of imide groups is 1. The monoisotopic (exact) mass is 402 g/mol. The Kier molecular flexibility index (Phi) is 3.44. The molecule has 0 aliphatic carbocycles. The number of carbonyl (C=O) groups excluding carboxylic acids is 3. The second-order valence-corrected chi connectivity index (χ2v) is 9.14. The molecule has 0 radical (unpaired) electrons. The molecule has 3 amide bonds. The van der Waals surface area contributed by atoms with E-state index in [9.17, 15) is 14.4 Å². The zero-order chi connectivity index (χ0) is 20.8. The Labute approximate surface area is 174 Å². The Hall–Kier alpha value is -2.99. The van der Waals surface area contributed by atoms with Crippen molar-refractivity contribution in [2.45, 2.75) is 38.3 Å². The van der Waals surface area contributed by atoms with Gasteiger partial charge in [-0.1, -0.05) is 29.8 Å². The van der Waals surface area contributed by atoms with Crippen LogP contribution in [0.4, 0.5) is 11.4 Å². The summed E-state index contributed by atoms with van der Waals surface area (Å²) in [5.74, 6) is -1.62. The van der Waals surface area contributed by atoms with Crippen LogP contribution in [0.1, 0.15) is 29.5 Å². The second kappa shape index (κ2) is 5.79. The highest BCUT2D eigenvalue weighted by molar-refractivity contribution is 6.25. The van der Waals surface area contributed by atoms with Gasteiger partial charge in [0.25, 0.3) is 5.91 Å². The van der Waals surface area contributed by atoms with Crippen LogP contribution in [0.5, 0.6) is 0 Å². The number of fused-ring (bicyclic) bond motifs is 7. The van der Waals surface area contributed by atoms with Crippen molar-refractivity contribution in [3.8, 4) is 0 Å². The summed E-state index contributed by atoms with van der Waals surface area (Å²) in [6.07, 6.45) is 1.83. The Morgan fingerprint density at radius 1 is 1.07 bits per heavy atom. The lowest BCUT2D eigenvalue weighted by Crippen LogP contribution is -3.19. The molecule has 0 saturated carbocycles. The fourth-order valence-corrected chi connectivity index (χ4v) is 6.75. The number of benzene rings is 2. The molecule has 0 aromatic heterocycles. The van der Waals surface area contributed by atoms with Crippen molar-refractivity contribution in [3.63, 3.8) is 0 Å². The molecule has 2 aromatic carbocycles. The number of carbonyl (C=O) groups is 3. The van der Waals surface area contributed by atoms with E-state index in [1.54, 1.807) is 12.1 Å². The Morgan fingerprint density at radius 2 is 1.83 bits per heavy atom. The highest BCUT2D eigenvalue weighted by Gasteiger charge is 2.78. The van der Waals surface area contributed by atoms with Crippen molar-refractivity contribution in [2.24, 2.45) is 11.8 Å². The zero-order valence-electron chi connectivity index (χ0n) is 17.1. The van der Waals surface area contributed by atoms with E-state index in [1.807, 2.05) is 38.1 Å². The van der Waals surface area contributed by atoms with Crippen molar-refractivity contribution in [3.05, 3.63) is 59.2 Å². The van der Waals surface area contributed by atoms with Crippen LogP contribution in [0, 0.1) is 25.7 Å². The van der Waals surface area contributed by atoms with Crippen LogP contribution in [0.2, 0.25) is 0 Å². The first-order valence-corrected chi connectivity index (χ1v) is 10.7. The smallest absolute Gasteiger partial charge is 0.291 e. The van der Waals surface area contributed by atoms with E-state index in [0.717, 1.165) is 46.7 Å². The lowest BCUT2D eigenvalue weighted by Gasteiger charge is -2.33. The number of amides is 3. The number of hydrogen-bond donors (Lipinski definition) is 2. The van der Waals surface area contributed by atoms with Crippen LogP contribution in [0.25, 0.3) is 0 Å². The third kappa shape index (κ3) is 1.90. The minimum absolute atomic E-state index is 0.00215. The quantitative estimate of drug-likeness (QED) is 0.707. The van der Waals surface area contributed by atoms with Gasteiger partial charge < -0.3 is 10.2 Å². The fourth-order valence-electron chi connectivity index (χ4n) is 6.75. The molecular formula is C24H24N3O3+. The topological polar surface area (TPSA) is 70.9 Å². The van der Waals surface area contributed by atoms with Gasteiger partial charge >= 0.3 is 0 Å². The predicted molar refractivity (Wildman–Crippen MR) is 111 cm³/mol. The number of aryl methyl sites for hydroxylation is 2. The number of nitrogens with zero attached hydrogens (tertiary/aromatic N) is 1. The minimum atomic E-state index is -1.02. The van der Waals surface area contributed by atoms with E-state index < -0.39 is 17.4 Å². The van der Waals surface area contributed by atoms with Gasteiger partial charge in [0.1, 0.15) is 17.9 Å². The molecule has 152 valence electrons. The minimum Gasteiger partial charge on any atom is -0.320 e. The number of quaternary nitrogens is 1. The van der Waals surface area contributed by atoms with Crippen LogP contribution < -0.4 is 15.1 Å². The van der Waals surface area contributed by atoms with E-state index >= 15 is 0 Å². The predicted octanol–water partition coefficient (Wildman–Crippen LogP) is 1.32. The molecule has 5 atom stereocenters. The molecule has 4 heterocycles. The second-order valence-electron chi connectivity index (χ2n) is 9.14. The largest absolute Gasteiger partial charge is 0.320 e. The molecule has 3 fully saturated rings. The Balaban J connectivity index is 1.59. The van der Waals surface area contributed by atoms with Gasteiger partial charge in [-0.25, -0.2) is 4.90 Å². The van der Waals surface area contributed by atoms with Crippen LogP contribution in [0.3, 0.4) is 0 Å². The molecular weight excluding hydrogens is 378 g/mol. The van der Waals surface area contributed by atoms with Crippen LogP contribution in [-0.2, 0) is 19.9 Å². The van der Waals surface area contributed by atoms with E-state index in [1.165, 1.54) is 4.90 Å². The average molecular weight is 402 g/mol. The summed E-state index contributed by atoms with van der Waals surface area (Å²) in [5, 5.41) is 3.10. The van der Waals surface area contributed by atoms with Crippen LogP contribution in [0.15, 0.2) is 42.5 Å². The molecule has 6 rings (SSSR count). The number of nitrogens with one attached hydrogen (secondary N) is 2. The molecule has 1 unspecified atom stereocenters. The number of rotatable bonds is 1. The van der Waals surface area contributed by atoms with Gasteiger partial charge in [-0.2, -0.15) is 0 Å². The van der Waals surface area contributed by atoms with Crippen molar-refractivity contribution in [1.82, 2.24) is 0 Å². The highest BCUT2D eigenvalue weighted by Crippen LogP contribution is 2.52. The van der Waals surface area contributed by atoms with E-state index in [2.05, 4.69) is 11.4 Å². The van der Waals surface area contributed by atoms with E-state index in [0.29, 0.717) is 5.69 Å². The maximum absolute atomic E-state index is 13.8. The van der Waals surface area contributed by atoms with Crippen molar-refractivity contribution in [2.75, 3.05) is 16.8 Å². The molecule has 6 nitrogen and oxygen atoms in total. The SMILES string of the molecule is Cc1cc(C)c2c(c1)[C@@]1(C(=O)N2)[C@@H]2C(=O)N(c3ccccc3)C(=O)[C@@H]2[C@@H]2CCC[NH+]21. The van der Waals surface area contributed by atoms with Gasteiger partial charge in [0.15, 0.2) is 0 Å². The summed E-state index contributed by atoms with van der Waals surface area (Å²) in [4.78, 5) is 43.5. The normalized spacial score (nSPS) is 33.8. The number of hydrogen-bond acceptors (Lipinski definition) is 3. The van der Waals surface area contributed by atoms with Crippen molar-refractivity contribution < 1.29 is 19.3 Å². The lowest BCUT2D eigenvalue weighted by atomic mass is 9.75. The van der Waals surface area contributed by atoms with Gasteiger partial charge in [-0.05, 0) is 37.6 Å². The van der Waals surface area contributed by atoms with Gasteiger partial charge in [-0.3, -0.25) is 14.4 Å². The molecule has 4 aliphatic rings. The third-order valence-corrected chi connectivity index (χ3v) is 7.68. The summed E-state index contributed by atoms with van der Waals surface area (Å²) in [6.45, 7) is 4.82. The van der Waals surface area contributed by atoms with Crippen LogP contribution in [-0.4, -0.2) is 30.3 Å². The van der Waals surface area contributed by atoms with Gasteiger partial charge in [0.05, 0.1) is 17.9 Å². The van der Waals surface area contributed by atoms with E-state index in [-0.39, 0.29) is 23.8 Å². The average Bonchev–Trinajstić information content (AvgIpc) is 3.42. The summed E-state index contributed by atoms with van der Waals surface area (Å²) in [6, 6.07) is 13.2. The van der Waals surface area contributed by atoms with Crippen molar-refractivity contribution >= 4 is 29.1 Å². The van der Waals surface area contributed by atoms with Gasteiger partial charge in [-0.15, -0.1) is 0 Å². The summed E-state index contributed by atoms with van der Waals surface area (Å²) in [5.41, 5.74) is 3.37. The first-order valence-electron chi connectivity index (χ1n) is 10.7. The molecule has 0 bridgehead atoms. The van der Waals surface area contributed by atoms with Crippen molar-refractivity contribution in [1.29, 1.82) is 0 Å². The summed E-state index contributed by atoms with van der Waals surface area (Å²) < 4.78 is 0. The maximum atomic E-state index is 13.8. The molecule has 2 aromatic rings. The zero-order valence-corrected chi connectivity index (χ0v) is 17.1. The van der Waals surface area contributed by atoms with Gasteiger partial charge in [0.2, 0.25) is 17.4 Å². The molecule has 2 N–H and O–H groups in total. The first-order chi connectivity index (χ1) is 14.5. The van der Waals surface area contributed by atoms with Crippen LogP contribution >= 0.6 is 0 Å². The fraction of sp³-hybridized carbons (Fsp3) is 0.375. The Bertz CT molecular complexity index is 1130. The first kappa shape index (κ1) is 17.8. The number of para-hydroxylation sites is 1. The number of anilines is 2. The molecule has 6 heteroatoms. The standard InChI is InChI=1S/C24H23N3O3/c1-13-11-14(2)20-16(12-13)24(23(30)25-20)19-18(17-9-6-10-26(17)24)21(28)27(22(19)29)15-7-4-3-5-8-15/h3-5,7-8,11-12,17-19H,6,9-10H2,1-2H3,(H,25,30)/p+1/t17-,18+,19-,24-/m0/s1. The third-order valence-electron chi connectivity index (χ3n) is 7.68. The molecule has 4 aliphatic heterocycles. The highest BCUT2D eigenvalue weighted by atomic mass is 16.2. The molecule has 3 saturated heterocycles. The molecule has 1 spiro atoms.